The highest BCUT2D eigenvalue weighted by Crippen LogP contribution is 2.26. The van der Waals surface area contributed by atoms with Crippen molar-refractivity contribution in [2.75, 3.05) is 5.75 Å². The molecule has 0 radical (unpaired) electrons. The van der Waals surface area contributed by atoms with Crippen LogP contribution in [0.5, 0.6) is 0 Å². The molecule has 1 N–H and O–H groups in total. The summed E-state index contributed by atoms with van der Waals surface area (Å²) in [5.74, 6) is -0.0209. The highest BCUT2D eigenvalue weighted by Gasteiger charge is 2.14. The molecule has 0 aliphatic heterocycles. The first-order chi connectivity index (χ1) is 14.7. The topological polar surface area (TPSA) is 72.2 Å². The first kappa shape index (κ1) is 20.1. The predicted octanol–water partition coefficient (Wildman–Crippen LogP) is 4.38. The second-order valence-electron chi connectivity index (χ2n) is 6.43. The molecule has 4 aromatic rings. The fraction of sp³-hybridized carbons (Fsp3) is 0.0909. The third-order valence-electron chi connectivity index (χ3n) is 4.33. The number of imidazole rings is 1. The lowest BCUT2D eigenvalue weighted by Crippen LogP contribution is -2.20. The summed E-state index contributed by atoms with van der Waals surface area (Å²) in [6.45, 7) is 0.573. The Balaban J connectivity index is 1.47. The highest BCUT2D eigenvalue weighted by molar-refractivity contribution is 7.99. The van der Waals surface area contributed by atoms with Crippen LogP contribution in [0.3, 0.4) is 0 Å². The van der Waals surface area contributed by atoms with Gasteiger partial charge in [0.15, 0.2) is 5.16 Å². The van der Waals surface area contributed by atoms with Crippen LogP contribution in [0.15, 0.2) is 83.3 Å². The van der Waals surface area contributed by atoms with Crippen LogP contribution in [0.2, 0.25) is 5.02 Å². The molecule has 0 saturated heterocycles. The Bertz CT molecular complexity index is 1190. The van der Waals surface area contributed by atoms with Crippen LogP contribution in [0.1, 0.15) is 11.1 Å². The Morgan fingerprint density at radius 1 is 1.13 bits per heavy atom. The minimum absolute atomic E-state index is 0.191. The van der Waals surface area contributed by atoms with Gasteiger partial charge in [0.05, 0.1) is 29.5 Å². The summed E-state index contributed by atoms with van der Waals surface area (Å²) >= 11 is 7.72. The maximum atomic E-state index is 12.2. The predicted molar refractivity (Wildman–Crippen MR) is 121 cm³/mol. The minimum Gasteiger partial charge on any atom is -0.314 e. The molecule has 0 fully saturated rings. The van der Waals surface area contributed by atoms with Crippen LogP contribution in [0.4, 0.5) is 0 Å². The van der Waals surface area contributed by atoms with Gasteiger partial charge >= 0.3 is 0 Å². The molecule has 0 aliphatic rings. The van der Waals surface area contributed by atoms with Crippen LogP contribution >= 0.6 is 23.4 Å². The van der Waals surface area contributed by atoms with Gasteiger partial charge in [-0.2, -0.15) is 5.10 Å². The van der Waals surface area contributed by atoms with Gasteiger partial charge in [0, 0.05) is 23.0 Å². The molecule has 30 heavy (non-hydrogen) atoms. The van der Waals surface area contributed by atoms with E-state index in [-0.39, 0.29) is 11.7 Å². The Morgan fingerprint density at radius 3 is 2.80 bits per heavy atom. The van der Waals surface area contributed by atoms with Crippen molar-refractivity contribution in [3.05, 3.63) is 89.2 Å². The largest absolute Gasteiger partial charge is 0.314 e. The van der Waals surface area contributed by atoms with E-state index in [0.717, 1.165) is 27.3 Å². The van der Waals surface area contributed by atoms with Crippen molar-refractivity contribution >= 4 is 46.5 Å². The Hall–Kier alpha value is -3.16. The van der Waals surface area contributed by atoms with Gasteiger partial charge in [-0.05, 0) is 29.8 Å². The summed E-state index contributed by atoms with van der Waals surface area (Å²) in [6, 6.07) is 19.3. The van der Waals surface area contributed by atoms with Gasteiger partial charge in [-0.1, -0.05) is 59.8 Å². The summed E-state index contributed by atoms with van der Waals surface area (Å²) in [5, 5.41) is 5.43. The normalized spacial score (nSPS) is 11.2. The van der Waals surface area contributed by atoms with Crippen molar-refractivity contribution in [3.8, 4) is 0 Å². The van der Waals surface area contributed by atoms with Crippen molar-refractivity contribution in [3.63, 3.8) is 0 Å². The third kappa shape index (κ3) is 4.87. The molecule has 0 atom stereocenters. The van der Waals surface area contributed by atoms with Crippen molar-refractivity contribution < 1.29 is 4.79 Å². The zero-order valence-electron chi connectivity index (χ0n) is 15.9. The van der Waals surface area contributed by atoms with Gasteiger partial charge in [0.25, 0.3) is 5.91 Å². The van der Waals surface area contributed by atoms with E-state index in [1.807, 2.05) is 60.7 Å². The van der Waals surface area contributed by atoms with E-state index in [2.05, 4.69) is 20.1 Å². The Labute approximate surface area is 183 Å². The zero-order chi connectivity index (χ0) is 20.8. The summed E-state index contributed by atoms with van der Waals surface area (Å²) in [5.41, 5.74) is 6.22. The Kier molecular flexibility index (Phi) is 6.41. The number of carbonyl (C=O) groups excluding carboxylic acids is 1. The van der Waals surface area contributed by atoms with E-state index >= 15 is 0 Å². The lowest BCUT2D eigenvalue weighted by Gasteiger charge is -2.10. The van der Waals surface area contributed by atoms with E-state index in [0.29, 0.717) is 11.6 Å². The molecule has 0 spiro atoms. The summed E-state index contributed by atoms with van der Waals surface area (Å²) in [6.07, 6.45) is 4.91. The van der Waals surface area contributed by atoms with E-state index in [4.69, 9.17) is 16.6 Å². The van der Waals surface area contributed by atoms with Crippen molar-refractivity contribution in [1.29, 1.82) is 0 Å². The van der Waals surface area contributed by atoms with E-state index in [9.17, 15) is 4.79 Å². The molecule has 2 aromatic carbocycles. The zero-order valence-corrected chi connectivity index (χ0v) is 17.5. The second-order valence-corrected chi connectivity index (χ2v) is 7.78. The summed E-state index contributed by atoms with van der Waals surface area (Å²) < 4.78 is 2.08. The highest BCUT2D eigenvalue weighted by atomic mass is 35.5. The van der Waals surface area contributed by atoms with E-state index in [1.54, 1.807) is 18.6 Å². The van der Waals surface area contributed by atoms with Gasteiger partial charge < -0.3 is 4.57 Å². The molecular formula is C22H18ClN5OS. The van der Waals surface area contributed by atoms with Gasteiger partial charge in [-0.15, -0.1) is 0 Å². The summed E-state index contributed by atoms with van der Waals surface area (Å²) in [4.78, 5) is 20.9. The third-order valence-corrected chi connectivity index (χ3v) is 5.67. The average molecular weight is 436 g/mol. The number of amides is 1. The maximum Gasteiger partial charge on any atom is 0.250 e. The molecule has 150 valence electrons. The molecular weight excluding hydrogens is 418 g/mol. The first-order valence-corrected chi connectivity index (χ1v) is 10.6. The maximum absolute atomic E-state index is 12.2. The minimum atomic E-state index is -0.212. The number of aromatic nitrogens is 3. The molecule has 2 aromatic heterocycles. The van der Waals surface area contributed by atoms with Gasteiger partial charge in [0.1, 0.15) is 0 Å². The molecule has 1 amide bonds. The fourth-order valence-electron chi connectivity index (χ4n) is 2.91. The molecule has 6 nitrogen and oxygen atoms in total. The molecule has 2 heterocycles. The van der Waals surface area contributed by atoms with Gasteiger partial charge in [-0.3, -0.25) is 9.78 Å². The average Bonchev–Trinajstić information content (AvgIpc) is 3.12. The number of halogens is 1. The van der Waals surface area contributed by atoms with Crippen LogP contribution in [-0.2, 0) is 11.3 Å². The number of hydrazone groups is 1. The first-order valence-electron chi connectivity index (χ1n) is 9.24. The number of hydrogen-bond donors (Lipinski definition) is 1. The summed E-state index contributed by atoms with van der Waals surface area (Å²) in [7, 11) is 0. The molecule has 4 rings (SSSR count). The van der Waals surface area contributed by atoms with Crippen LogP contribution < -0.4 is 5.43 Å². The molecule has 0 saturated carbocycles. The van der Waals surface area contributed by atoms with Crippen molar-refractivity contribution in [1.82, 2.24) is 20.0 Å². The molecule has 8 heteroatoms. The van der Waals surface area contributed by atoms with E-state index < -0.39 is 0 Å². The number of rotatable bonds is 7. The number of nitrogens with one attached hydrogen (secondary N) is 1. The lowest BCUT2D eigenvalue weighted by atomic mass is 10.2. The van der Waals surface area contributed by atoms with Gasteiger partial charge in [-0.25, -0.2) is 10.4 Å². The van der Waals surface area contributed by atoms with Crippen molar-refractivity contribution in [2.24, 2.45) is 5.10 Å². The van der Waals surface area contributed by atoms with E-state index in [1.165, 1.54) is 11.8 Å². The van der Waals surface area contributed by atoms with Gasteiger partial charge in [0.2, 0.25) is 0 Å². The van der Waals surface area contributed by atoms with Crippen molar-refractivity contribution in [2.45, 2.75) is 11.7 Å². The number of thioether (sulfide) groups is 1. The number of fused-ring (bicyclic) bond motifs is 1. The fourth-order valence-corrected chi connectivity index (χ4v) is 3.91. The second kappa shape index (κ2) is 9.56. The van der Waals surface area contributed by atoms with Crippen LogP contribution in [0, 0.1) is 0 Å². The molecule has 0 unspecified atom stereocenters. The quantitative estimate of drug-likeness (QED) is 0.266. The lowest BCUT2D eigenvalue weighted by molar-refractivity contribution is -0.118. The monoisotopic (exact) mass is 435 g/mol. The smallest absolute Gasteiger partial charge is 0.250 e. The molecule has 0 aliphatic carbocycles. The standard InChI is InChI=1S/C22H18ClN5OS/c23-18-8-2-1-7-17(18)14-28-20-10-4-3-9-19(20)26-22(28)30-15-21(29)27-25-13-16-6-5-11-24-12-16/h1-13H,14-15H2,(H,27,29). The Morgan fingerprint density at radius 2 is 1.97 bits per heavy atom. The number of pyridine rings is 1. The number of para-hydroxylation sites is 2. The van der Waals surface area contributed by atoms with Crippen LogP contribution in [-0.4, -0.2) is 32.4 Å². The number of benzene rings is 2. The SMILES string of the molecule is O=C(CSc1nc2ccccc2n1Cc1ccccc1Cl)NN=Cc1cccnc1. The van der Waals surface area contributed by atoms with Crippen LogP contribution in [0.25, 0.3) is 11.0 Å². The number of hydrogen-bond acceptors (Lipinski definition) is 5. The number of nitrogens with zero attached hydrogens (tertiary/aromatic N) is 4. The molecule has 0 bridgehead atoms. The number of carbonyl (C=O) groups is 1.